The minimum atomic E-state index is -0.335. The normalized spacial score (nSPS) is 20.3. The fraction of sp³-hybridized carbons (Fsp3) is 0.545. The maximum Gasteiger partial charge on any atom is 0.254 e. The van der Waals surface area contributed by atoms with Crippen molar-refractivity contribution in [2.45, 2.75) is 6.10 Å². The number of hydrogen-bond donors (Lipinski definition) is 1. The first-order valence-corrected chi connectivity index (χ1v) is 6.59. The van der Waals surface area contributed by atoms with Gasteiger partial charge in [0, 0.05) is 19.6 Å². The lowest BCUT2D eigenvalue weighted by atomic mass is 10.2. The summed E-state index contributed by atoms with van der Waals surface area (Å²) in [5, 5.41) is 10.1. The van der Waals surface area contributed by atoms with Gasteiger partial charge in [0.05, 0.1) is 18.3 Å². The Morgan fingerprint density at radius 2 is 2.37 bits per heavy atom. The molecule has 0 bridgehead atoms. The van der Waals surface area contributed by atoms with E-state index in [1.54, 1.807) is 0 Å². The number of nitrogens with zero attached hydrogens (tertiary/aromatic N) is 3. The number of nitrogens with one attached hydrogen (secondary N) is 1. The van der Waals surface area contributed by atoms with Crippen molar-refractivity contribution in [1.82, 2.24) is 20.4 Å². The first kappa shape index (κ1) is 14.5. The number of carbonyl (C=O) groups is 1. The Balaban J connectivity index is 1.92. The second-order valence-corrected chi connectivity index (χ2v) is 5.08. The lowest BCUT2D eigenvalue weighted by molar-refractivity contribution is -0.0175. The monoisotopic (exact) mass is 304 g/mol. The smallest absolute Gasteiger partial charge is 0.254 e. The number of aromatic nitrogens is 2. The van der Waals surface area contributed by atoms with Gasteiger partial charge in [-0.1, -0.05) is 23.2 Å². The molecule has 1 atom stereocenters. The molecule has 104 valence electrons. The van der Waals surface area contributed by atoms with Crippen LogP contribution in [0.5, 0.6) is 0 Å². The van der Waals surface area contributed by atoms with Crippen molar-refractivity contribution in [2.75, 3.05) is 33.3 Å². The zero-order valence-corrected chi connectivity index (χ0v) is 11.9. The summed E-state index contributed by atoms with van der Waals surface area (Å²) in [7, 11) is 2.01. The van der Waals surface area contributed by atoms with Gasteiger partial charge in [-0.25, -0.2) is 0 Å². The molecule has 1 fully saturated rings. The Morgan fingerprint density at radius 1 is 1.58 bits per heavy atom. The van der Waals surface area contributed by atoms with Crippen molar-refractivity contribution in [3.05, 3.63) is 21.9 Å². The third-order valence-electron chi connectivity index (χ3n) is 2.80. The van der Waals surface area contributed by atoms with Crippen molar-refractivity contribution >= 4 is 29.1 Å². The summed E-state index contributed by atoms with van der Waals surface area (Å²) in [5.74, 6) is -0.335. The van der Waals surface area contributed by atoms with Gasteiger partial charge in [-0.15, -0.1) is 10.2 Å². The lowest BCUT2D eigenvalue weighted by Gasteiger charge is -2.30. The number of rotatable bonds is 3. The Labute approximate surface area is 121 Å². The number of carbonyl (C=O) groups excluding carboxylic acids is 1. The van der Waals surface area contributed by atoms with Crippen LogP contribution in [0.15, 0.2) is 6.07 Å². The number of likely N-dealkylation sites (N-methyl/N-ethyl adjacent to an activating group) is 1. The van der Waals surface area contributed by atoms with E-state index in [9.17, 15) is 4.79 Å². The van der Waals surface area contributed by atoms with E-state index in [4.69, 9.17) is 27.9 Å². The SMILES string of the molecule is CN1CCOC(CNC(=O)c2cc(Cl)nnc2Cl)C1. The van der Waals surface area contributed by atoms with Gasteiger partial charge in [0.25, 0.3) is 5.91 Å². The van der Waals surface area contributed by atoms with E-state index in [1.165, 1.54) is 6.07 Å². The van der Waals surface area contributed by atoms with E-state index in [2.05, 4.69) is 20.4 Å². The maximum absolute atomic E-state index is 12.0. The van der Waals surface area contributed by atoms with Crippen molar-refractivity contribution in [1.29, 1.82) is 0 Å². The van der Waals surface area contributed by atoms with E-state index in [-0.39, 0.29) is 27.9 Å². The van der Waals surface area contributed by atoms with Crippen LogP contribution in [0.3, 0.4) is 0 Å². The quantitative estimate of drug-likeness (QED) is 0.896. The second-order valence-electron chi connectivity index (χ2n) is 4.34. The highest BCUT2D eigenvalue weighted by atomic mass is 35.5. The first-order valence-electron chi connectivity index (χ1n) is 5.83. The van der Waals surface area contributed by atoms with Gasteiger partial charge >= 0.3 is 0 Å². The van der Waals surface area contributed by atoms with Crippen LogP contribution in [0.4, 0.5) is 0 Å². The summed E-state index contributed by atoms with van der Waals surface area (Å²) in [6, 6.07) is 1.39. The molecule has 1 amide bonds. The molecule has 1 unspecified atom stereocenters. The van der Waals surface area contributed by atoms with Crippen LogP contribution in [0, 0.1) is 0 Å². The van der Waals surface area contributed by atoms with Gasteiger partial charge in [-0.05, 0) is 13.1 Å². The molecule has 1 N–H and O–H groups in total. The predicted octanol–water partition coefficient (Wildman–Crippen LogP) is 0.844. The van der Waals surface area contributed by atoms with E-state index in [0.29, 0.717) is 13.2 Å². The molecule has 0 aromatic carbocycles. The van der Waals surface area contributed by atoms with Crippen LogP contribution in [0.25, 0.3) is 0 Å². The number of ether oxygens (including phenoxy) is 1. The van der Waals surface area contributed by atoms with Crippen LogP contribution in [0.1, 0.15) is 10.4 Å². The molecular formula is C11H14Cl2N4O2. The highest BCUT2D eigenvalue weighted by Crippen LogP contribution is 2.15. The van der Waals surface area contributed by atoms with Gasteiger partial charge in [-0.3, -0.25) is 4.79 Å². The zero-order chi connectivity index (χ0) is 13.8. The second kappa shape index (κ2) is 6.47. The van der Waals surface area contributed by atoms with E-state index < -0.39 is 0 Å². The van der Waals surface area contributed by atoms with Gasteiger partial charge in [0.1, 0.15) is 0 Å². The van der Waals surface area contributed by atoms with Crippen LogP contribution in [-0.4, -0.2) is 60.4 Å². The summed E-state index contributed by atoms with van der Waals surface area (Å²) >= 11 is 11.5. The van der Waals surface area contributed by atoms with Crippen LogP contribution in [0.2, 0.25) is 10.3 Å². The Morgan fingerprint density at radius 3 is 3.11 bits per heavy atom. The molecule has 2 rings (SSSR count). The van der Waals surface area contributed by atoms with Crippen LogP contribution < -0.4 is 5.32 Å². The molecule has 0 saturated carbocycles. The van der Waals surface area contributed by atoms with Crippen molar-refractivity contribution in [3.63, 3.8) is 0 Å². The highest BCUT2D eigenvalue weighted by Gasteiger charge is 2.19. The number of halogens is 2. The molecule has 0 radical (unpaired) electrons. The third-order valence-corrected chi connectivity index (χ3v) is 3.26. The Bertz CT molecular complexity index is 472. The summed E-state index contributed by atoms with van der Waals surface area (Å²) in [5.41, 5.74) is 0.214. The van der Waals surface area contributed by atoms with Crippen molar-refractivity contribution in [3.8, 4) is 0 Å². The fourth-order valence-electron chi connectivity index (χ4n) is 1.80. The molecule has 6 nitrogen and oxygen atoms in total. The predicted molar refractivity (Wildman–Crippen MR) is 71.6 cm³/mol. The first-order chi connectivity index (χ1) is 9.06. The van der Waals surface area contributed by atoms with Gasteiger partial charge in [0.15, 0.2) is 10.3 Å². The summed E-state index contributed by atoms with van der Waals surface area (Å²) in [6.45, 7) is 2.77. The molecule has 0 spiro atoms. The minimum Gasteiger partial charge on any atom is -0.374 e. The van der Waals surface area contributed by atoms with Crippen LogP contribution in [-0.2, 0) is 4.74 Å². The average molecular weight is 305 g/mol. The molecule has 2 heterocycles. The van der Waals surface area contributed by atoms with E-state index >= 15 is 0 Å². The summed E-state index contributed by atoms with van der Waals surface area (Å²) < 4.78 is 5.55. The molecule has 8 heteroatoms. The Kier molecular flexibility index (Phi) is 4.93. The van der Waals surface area contributed by atoms with E-state index in [1.807, 2.05) is 7.05 Å². The number of hydrogen-bond acceptors (Lipinski definition) is 5. The van der Waals surface area contributed by atoms with Gasteiger partial charge in [0.2, 0.25) is 0 Å². The molecule has 1 saturated heterocycles. The van der Waals surface area contributed by atoms with Gasteiger partial charge in [-0.2, -0.15) is 0 Å². The standard InChI is InChI=1S/C11H14Cl2N4O2/c1-17-2-3-19-7(6-17)5-14-11(18)8-4-9(12)15-16-10(8)13/h4,7H,2-3,5-6H2,1H3,(H,14,18). The molecule has 0 aliphatic carbocycles. The third kappa shape index (κ3) is 4.01. The minimum absolute atomic E-state index is 0.0215. The Hall–Kier alpha value is -0.950. The summed E-state index contributed by atoms with van der Waals surface area (Å²) in [6.07, 6.45) is -0.0215. The zero-order valence-electron chi connectivity index (χ0n) is 10.4. The van der Waals surface area contributed by atoms with Crippen molar-refractivity contribution in [2.24, 2.45) is 0 Å². The largest absolute Gasteiger partial charge is 0.374 e. The average Bonchev–Trinajstić information content (AvgIpc) is 2.39. The molecule has 1 aromatic rings. The molecule has 1 aliphatic heterocycles. The fourth-order valence-corrected chi connectivity index (χ4v) is 2.13. The lowest BCUT2D eigenvalue weighted by Crippen LogP contribution is -2.46. The molecular weight excluding hydrogens is 291 g/mol. The van der Waals surface area contributed by atoms with E-state index in [0.717, 1.165) is 13.1 Å². The topological polar surface area (TPSA) is 67.3 Å². The van der Waals surface area contributed by atoms with Gasteiger partial charge < -0.3 is 15.0 Å². The van der Waals surface area contributed by atoms with Crippen LogP contribution >= 0.6 is 23.2 Å². The molecule has 19 heavy (non-hydrogen) atoms. The maximum atomic E-state index is 12.0. The van der Waals surface area contributed by atoms with Crippen molar-refractivity contribution < 1.29 is 9.53 Å². The summed E-state index contributed by atoms with van der Waals surface area (Å²) in [4.78, 5) is 14.1. The molecule has 1 aliphatic rings. The molecule has 1 aromatic heterocycles. The number of morpholine rings is 1. The highest BCUT2D eigenvalue weighted by molar-refractivity contribution is 6.34. The number of amides is 1.